The van der Waals surface area contributed by atoms with E-state index in [0.29, 0.717) is 35.4 Å². The summed E-state index contributed by atoms with van der Waals surface area (Å²) in [6.45, 7) is 12.5. The van der Waals surface area contributed by atoms with Crippen LogP contribution in [0.3, 0.4) is 0 Å². The Bertz CT molecular complexity index is 1630. The first-order valence-electron chi connectivity index (χ1n) is 14.6. The molecule has 0 spiro atoms. The zero-order chi connectivity index (χ0) is 31.1. The third kappa shape index (κ3) is 6.34. The van der Waals surface area contributed by atoms with E-state index in [4.69, 9.17) is 31.0 Å². The van der Waals surface area contributed by atoms with Gasteiger partial charge >= 0.3 is 5.97 Å². The lowest BCUT2D eigenvalue weighted by Gasteiger charge is -2.35. The van der Waals surface area contributed by atoms with Crippen molar-refractivity contribution in [3.05, 3.63) is 64.6 Å². The molecular formula is C33H40ClN5O4. The van der Waals surface area contributed by atoms with Gasteiger partial charge in [0.05, 0.1) is 35.8 Å². The number of carboxylic acids is 1. The Morgan fingerprint density at radius 1 is 1.12 bits per heavy atom. The van der Waals surface area contributed by atoms with Gasteiger partial charge in [-0.15, -0.1) is 0 Å². The maximum Gasteiger partial charge on any atom is 0.337 e. The Hall–Kier alpha value is -3.66. The highest BCUT2D eigenvalue weighted by atomic mass is 35.5. The molecular weight excluding hydrogens is 566 g/mol. The zero-order valence-corrected chi connectivity index (χ0v) is 26.7. The number of aryl methyl sites for hydroxylation is 1. The van der Waals surface area contributed by atoms with Crippen LogP contribution in [0, 0.1) is 13.8 Å². The van der Waals surface area contributed by atoms with Crippen molar-refractivity contribution in [3.63, 3.8) is 0 Å². The minimum atomic E-state index is -1.21. The first kappa shape index (κ1) is 30.8. The number of anilines is 2. The van der Waals surface area contributed by atoms with E-state index in [1.54, 1.807) is 12.4 Å². The number of aliphatic carboxylic acids is 1. The molecule has 228 valence electrons. The number of carboxylic acid groups (broad SMARTS) is 1. The van der Waals surface area contributed by atoms with Gasteiger partial charge in [-0.25, -0.2) is 14.8 Å². The number of ether oxygens (including phenoxy) is 2. The molecule has 0 saturated carbocycles. The highest BCUT2D eigenvalue weighted by molar-refractivity contribution is 6.30. The van der Waals surface area contributed by atoms with E-state index in [1.165, 1.54) is 0 Å². The maximum atomic E-state index is 12.9. The number of nitrogens with zero attached hydrogens (tertiary/aromatic N) is 5. The van der Waals surface area contributed by atoms with Gasteiger partial charge in [-0.3, -0.25) is 0 Å². The summed E-state index contributed by atoms with van der Waals surface area (Å²) in [5.41, 5.74) is 5.40. The lowest BCUT2D eigenvalue weighted by molar-refractivity contribution is -0.160. The fourth-order valence-electron chi connectivity index (χ4n) is 5.83. The summed E-state index contributed by atoms with van der Waals surface area (Å²) in [5.74, 6) is 0.0955. The topological polar surface area (TPSA) is 93.0 Å². The molecule has 5 rings (SSSR count). The van der Waals surface area contributed by atoms with Crippen LogP contribution in [0.25, 0.3) is 22.0 Å². The van der Waals surface area contributed by atoms with Crippen LogP contribution < -0.4 is 9.64 Å². The number of benzene rings is 2. The van der Waals surface area contributed by atoms with Crippen LogP contribution in [-0.2, 0) is 16.1 Å². The smallest absolute Gasteiger partial charge is 0.337 e. The van der Waals surface area contributed by atoms with Gasteiger partial charge in [0, 0.05) is 41.3 Å². The van der Waals surface area contributed by atoms with Gasteiger partial charge in [-0.2, -0.15) is 0 Å². The van der Waals surface area contributed by atoms with Gasteiger partial charge < -0.3 is 28.9 Å². The predicted octanol–water partition coefficient (Wildman–Crippen LogP) is 6.79. The standard InChI is InChI=1S/C33H40ClN5O4/c1-20-17-25-27(22-9-11-23(34)12-10-22)26(30(31(40)41)43-33(3,4)5)21(2)28-29(25)38(20)14-15-39(28)32-35-18-24(19-36-32)42-16-8-13-37(6)7/h9-12,17-19,30H,8,13-16H2,1-7H3,(H,40,41)/t30-/m0/s1. The lowest BCUT2D eigenvalue weighted by Crippen LogP contribution is -2.32. The Labute approximate surface area is 258 Å². The first-order valence-corrected chi connectivity index (χ1v) is 14.9. The number of aromatic nitrogens is 3. The molecule has 0 fully saturated rings. The minimum absolute atomic E-state index is 0.531. The first-order chi connectivity index (χ1) is 20.4. The quantitative estimate of drug-likeness (QED) is 0.198. The van der Waals surface area contributed by atoms with E-state index in [0.717, 1.165) is 58.5 Å². The number of carbonyl (C=O) groups is 1. The van der Waals surface area contributed by atoms with Crippen LogP contribution in [-0.4, -0.2) is 69.9 Å². The van der Waals surface area contributed by atoms with Gasteiger partial charge in [0.1, 0.15) is 0 Å². The molecule has 9 nitrogen and oxygen atoms in total. The fourth-order valence-corrected chi connectivity index (χ4v) is 5.95. The molecule has 0 radical (unpaired) electrons. The van der Waals surface area contributed by atoms with Gasteiger partial charge in [0.15, 0.2) is 11.9 Å². The van der Waals surface area contributed by atoms with Crippen LogP contribution in [0.1, 0.15) is 50.1 Å². The fraction of sp³-hybridized carbons (Fsp3) is 0.424. The zero-order valence-electron chi connectivity index (χ0n) is 25.9. The van der Waals surface area contributed by atoms with E-state index < -0.39 is 17.7 Å². The molecule has 4 aromatic rings. The summed E-state index contributed by atoms with van der Waals surface area (Å²) in [6.07, 6.45) is 3.10. The number of halogens is 1. The van der Waals surface area contributed by atoms with Crippen molar-refractivity contribution < 1.29 is 19.4 Å². The molecule has 0 saturated heterocycles. The molecule has 1 N–H and O–H groups in total. The van der Waals surface area contributed by atoms with Crippen LogP contribution in [0.5, 0.6) is 5.75 Å². The van der Waals surface area contributed by atoms with E-state index in [2.05, 4.69) is 27.4 Å². The Balaban J connectivity index is 1.69. The highest BCUT2D eigenvalue weighted by Gasteiger charge is 2.36. The van der Waals surface area contributed by atoms with E-state index >= 15 is 0 Å². The molecule has 1 aliphatic heterocycles. The number of hydrogen-bond acceptors (Lipinski definition) is 7. The highest BCUT2D eigenvalue weighted by Crippen LogP contribution is 2.49. The molecule has 1 aliphatic rings. The minimum Gasteiger partial charge on any atom is -0.490 e. The van der Waals surface area contributed by atoms with Gasteiger partial charge in [-0.1, -0.05) is 23.7 Å². The van der Waals surface area contributed by atoms with Crippen molar-refractivity contribution in [2.75, 3.05) is 38.7 Å². The molecule has 0 unspecified atom stereocenters. The average Bonchev–Trinajstić information content (AvgIpc) is 3.28. The summed E-state index contributed by atoms with van der Waals surface area (Å²) in [5, 5.41) is 12.1. The van der Waals surface area contributed by atoms with E-state index in [-0.39, 0.29) is 0 Å². The average molecular weight is 606 g/mol. The summed E-state index contributed by atoms with van der Waals surface area (Å²) in [6, 6.07) is 9.67. The van der Waals surface area contributed by atoms with Crippen molar-refractivity contribution in [2.45, 2.75) is 59.3 Å². The molecule has 43 heavy (non-hydrogen) atoms. The van der Waals surface area contributed by atoms with Crippen LogP contribution in [0.15, 0.2) is 42.7 Å². The Morgan fingerprint density at radius 3 is 2.40 bits per heavy atom. The van der Waals surface area contributed by atoms with Gasteiger partial charge in [0.2, 0.25) is 5.95 Å². The second-order valence-corrected chi connectivity index (χ2v) is 12.7. The van der Waals surface area contributed by atoms with Gasteiger partial charge in [0.25, 0.3) is 0 Å². The Morgan fingerprint density at radius 2 is 1.79 bits per heavy atom. The van der Waals surface area contributed by atoms with Crippen molar-refractivity contribution in [1.82, 2.24) is 19.4 Å². The van der Waals surface area contributed by atoms with Crippen molar-refractivity contribution in [3.8, 4) is 16.9 Å². The molecule has 10 heteroatoms. The molecule has 2 aromatic heterocycles. The second-order valence-electron chi connectivity index (χ2n) is 12.3. The number of rotatable bonds is 10. The van der Waals surface area contributed by atoms with Crippen molar-refractivity contribution in [1.29, 1.82) is 0 Å². The lowest BCUT2D eigenvalue weighted by atomic mass is 9.87. The maximum absolute atomic E-state index is 12.9. The third-order valence-electron chi connectivity index (χ3n) is 7.61. The summed E-state index contributed by atoms with van der Waals surface area (Å²) in [4.78, 5) is 26.5. The summed E-state index contributed by atoms with van der Waals surface area (Å²) in [7, 11) is 4.07. The second kappa shape index (κ2) is 12.1. The summed E-state index contributed by atoms with van der Waals surface area (Å²) >= 11 is 6.27. The molecule has 1 atom stereocenters. The molecule has 0 bridgehead atoms. The monoisotopic (exact) mass is 605 g/mol. The Kier molecular flexibility index (Phi) is 8.70. The van der Waals surface area contributed by atoms with Gasteiger partial charge in [-0.05, 0) is 90.0 Å². The van der Waals surface area contributed by atoms with Crippen LogP contribution >= 0.6 is 11.6 Å². The SMILES string of the molecule is Cc1c([C@H](OC(C)(C)C)C(=O)O)c(-c2ccc(Cl)cc2)c2cc(C)n3c2c1N(c1ncc(OCCCN(C)C)cn1)CC3. The molecule has 2 aromatic carbocycles. The normalized spacial score (nSPS) is 14.0. The largest absolute Gasteiger partial charge is 0.490 e. The van der Waals surface area contributed by atoms with Crippen LogP contribution in [0.2, 0.25) is 5.02 Å². The van der Waals surface area contributed by atoms with E-state index in [1.807, 2.05) is 66.1 Å². The summed E-state index contributed by atoms with van der Waals surface area (Å²) < 4.78 is 14.4. The third-order valence-corrected chi connectivity index (χ3v) is 7.86. The van der Waals surface area contributed by atoms with Crippen molar-refractivity contribution >= 4 is 40.1 Å². The van der Waals surface area contributed by atoms with Crippen molar-refractivity contribution in [2.24, 2.45) is 0 Å². The van der Waals surface area contributed by atoms with E-state index in [9.17, 15) is 9.90 Å². The molecule has 3 heterocycles. The van der Waals surface area contributed by atoms with Crippen LogP contribution in [0.4, 0.5) is 11.6 Å². The molecule has 0 amide bonds. The predicted molar refractivity (Wildman–Crippen MR) is 171 cm³/mol. The number of hydrogen-bond donors (Lipinski definition) is 1. The molecule has 0 aliphatic carbocycles.